The van der Waals surface area contributed by atoms with Crippen molar-refractivity contribution in [2.75, 3.05) is 11.1 Å². The maximum absolute atomic E-state index is 12.6. The van der Waals surface area contributed by atoms with E-state index in [0.29, 0.717) is 27.0 Å². The van der Waals surface area contributed by atoms with E-state index in [-0.39, 0.29) is 17.8 Å². The average Bonchev–Trinajstić information content (AvgIpc) is 2.66. The van der Waals surface area contributed by atoms with Gasteiger partial charge in [0.25, 0.3) is 5.91 Å². The van der Waals surface area contributed by atoms with Crippen LogP contribution in [0.1, 0.15) is 34.5 Å². The third-order valence-electron chi connectivity index (χ3n) is 4.13. The van der Waals surface area contributed by atoms with E-state index in [1.54, 1.807) is 24.3 Å². The van der Waals surface area contributed by atoms with Gasteiger partial charge in [-0.2, -0.15) is 0 Å². The maximum Gasteiger partial charge on any atom is 0.257 e. The molecule has 1 atom stereocenters. The number of halogens is 2. The van der Waals surface area contributed by atoms with Crippen molar-refractivity contribution in [2.24, 2.45) is 0 Å². The quantitative estimate of drug-likeness (QED) is 0.562. The SMILES string of the molecule is Cc1ccc(Cl)c(C(=O)Nc2cccc(C(C)Oc3cc(Cl)cnc3N)c2)c1. The van der Waals surface area contributed by atoms with Crippen molar-refractivity contribution < 1.29 is 9.53 Å². The van der Waals surface area contributed by atoms with Crippen LogP contribution in [0.3, 0.4) is 0 Å². The van der Waals surface area contributed by atoms with Gasteiger partial charge < -0.3 is 15.8 Å². The molecule has 0 saturated heterocycles. The summed E-state index contributed by atoms with van der Waals surface area (Å²) < 4.78 is 5.89. The summed E-state index contributed by atoms with van der Waals surface area (Å²) in [5.74, 6) is 0.387. The number of aryl methyl sites for hydroxylation is 1. The van der Waals surface area contributed by atoms with Crippen LogP contribution in [0.25, 0.3) is 0 Å². The molecule has 0 bridgehead atoms. The number of carbonyl (C=O) groups excluding carboxylic acids is 1. The van der Waals surface area contributed by atoms with Crippen LogP contribution in [0.2, 0.25) is 10.0 Å². The Morgan fingerprint density at radius 2 is 1.96 bits per heavy atom. The van der Waals surface area contributed by atoms with E-state index in [4.69, 9.17) is 33.7 Å². The minimum Gasteiger partial charge on any atom is -0.482 e. The van der Waals surface area contributed by atoms with Crippen LogP contribution in [0.15, 0.2) is 54.7 Å². The van der Waals surface area contributed by atoms with E-state index in [2.05, 4.69) is 10.3 Å². The van der Waals surface area contributed by atoms with Crippen LogP contribution in [0, 0.1) is 6.92 Å². The molecule has 2 aromatic carbocycles. The van der Waals surface area contributed by atoms with Crippen molar-refractivity contribution in [3.63, 3.8) is 0 Å². The number of ether oxygens (including phenoxy) is 1. The van der Waals surface area contributed by atoms with Gasteiger partial charge in [0.05, 0.1) is 15.6 Å². The van der Waals surface area contributed by atoms with Gasteiger partial charge >= 0.3 is 0 Å². The fourth-order valence-electron chi connectivity index (χ4n) is 2.66. The van der Waals surface area contributed by atoms with Gasteiger partial charge in [-0.3, -0.25) is 4.79 Å². The summed E-state index contributed by atoms with van der Waals surface area (Å²) in [5.41, 5.74) is 8.71. The third-order valence-corrected chi connectivity index (χ3v) is 4.67. The van der Waals surface area contributed by atoms with E-state index in [1.165, 1.54) is 6.20 Å². The van der Waals surface area contributed by atoms with Crippen molar-refractivity contribution >= 4 is 40.6 Å². The summed E-state index contributed by atoms with van der Waals surface area (Å²) in [6.07, 6.45) is 1.13. The summed E-state index contributed by atoms with van der Waals surface area (Å²) >= 11 is 12.1. The van der Waals surface area contributed by atoms with E-state index in [1.807, 2.05) is 38.1 Å². The molecule has 3 N–H and O–H groups in total. The fourth-order valence-corrected chi connectivity index (χ4v) is 3.02. The highest BCUT2D eigenvalue weighted by Crippen LogP contribution is 2.29. The Morgan fingerprint density at radius 3 is 2.75 bits per heavy atom. The number of benzene rings is 2. The van der Waals surface area contributed by atoms with Crippen molar-refractivity contribution in [3.8, 4) is 5.75 Å². The number of nitrogen functional groups attached to an aromatic ring is 1. The van der Waals surface area contributed by atoms with Crippen LogP contribution in [0.4, 0.5) is 11.5 Å². The second-order valence-corrected chi connectivity index (χ2v) is 7.20. The Balaban J connectivity index is 1.77. The van der Waals surface area contributed by atoms with Crippen molar-refractivity contribution in [1.82, 2.24) is 4.98 Å². The van der Waals surface area contributed by atoms with Crippen LogP contribution in [-0.4, -0.2) is 10.9 Å². The normalized spacial score (nSPS) is 11.7. The molecule has 1 aromatic heterocycles. The van der Waals surface area contributed by atoms with Gasteiger partial charge in [0, 0.05) is 18.0 Å². The van der Waals surface area contributed by atoms with Crippen LogP contribution in [0.5, 0.6) is 5.75 Å². The Morgan fingerprint density at radius 1 is 1.18 bits per heavy atom. The number of nitrogens with zero attached hydrogens (tertiary/aromatic N) is 1. The minimum atomic E-state index is -0.332. The zero-order valence-electron chi connectivity index (χ0n) is 15.4. The first-order valence-electron chi connectivity index (χ1n) is 8.58. The van der Waals surface area contributed by atoms with Crippen LogP contribution in [-0.2, 0) is 0 Å². The molecule has 1 unspecified atom stereocenters. The van der Waals surface area contributed by atoms with E-state index >= 15 is 0 Å². The average molecular weight is 416 g/mol. The van der Waals surface area contributed by atoms with Gasteiger partial charge in [-0.15, -0.1) is 0 Å². The highest BCUT2D eigenvalue weighted by atomic mass is 35.5. The molecule has 28 heavy (non-hydrogen) atoms. The highest BCUT2D eigenvalue weighted by molar-refractivity contribution is 6.34. The number of rotatable bonds is 5. The van der Waals surface area contributed by atoms with E-state index in [0.717, 1.165) is 11.1 Å². The Bertz CT molecular complexity index is 1020. The second kappa shape index (κ2) is 8.50. The predicted molar refractivity (Wildman–Crippen MR) is 113 cm³/mol. The monoisotopic (exact) mass is 415 g/mol. The number of amides is 1. The van der Waals surface area contributed by atoms with Gasteiger partial charge in [0.1, 0.15) is 6.10 Å². The molecule has 144 valence electrons. The molecule has 0 spiro atoms. The van der Waals surface area contributed by atoms with Gasteiger partial charge in [0.2, 0.25) is 0 Å². The number of hydrogen-bond acceptors (Lipinski definition) is 4. The number of pyridine rings is 1. The molecule has 0 aliphatic carbocycles. The van der Waals surface area contributed by atoms with Gasteiger partial charge in [-0.1, -0.05) is 47.0 Å². The highest BCUT2D eigenvalue weighted by Gasteiger charge is 2.14. The number of nitrogens with one attached hydrogen (secondary N) is 1. The lowest BCUT2D eigenvalue weighted by Gasteiger charge is -2.17. The number of aromatic nitrogens is 1. The minimum absolute atomic E-state index is 0.259. The molecule has 0 aliphatic heterocycles. The molecule has 0 radical (unpaired) electrons. The summed E-state index contributed by atoms with van der Waals surface area (Å²) in [7, 11) is 0. The topological polar surface area (TPSA) is 77.2 Å². The first kappa shape index (κ1) is 20.0. The lowest BCUT2D eigenvalue weighted by molar-refractivity contribution is 0.102. The van der Waals surface area contributed by atoms with Gasteiger partial charge in [-0.25, -0.2) is 4.98 Å². The van der Waals surface area contributed by atoms with Gasteiger partial charge in [0.15, 0.2) is 11.6 Å². The lowest BCUT2D eigenvalue weighted by atomic mass is 10.1. The molecular formula is C21H19Cl2N3O2. The summed E-state index contributed by atoms with van der Waals surface area (Å²) in [6.45, 7) is 3.78. The molecule has 0 fully saturated rings. The second-order valence-electron chi connectivity index (χ2n) is 6.36. The summed E-state index contributed by atoms with van der Waals surface area (Å²) in [6, 6.07) is 14.3. The molecule has 1 heterocycles. The zero-order valence-corrected chi connectivity index (χ0v) is 16.9. The smallest absolute Gasteiger partial charge is 0.257 e. The van der Waals surface area contributed by atoms with Gasteiger partial charge in [-0.05, 0) is 43.7 Å². The molecule has 3 rings (SSSR count). The third kappa shape index (κ3) is 4.74. The Labute approximate surface area is 173 Å². The predicted octanol–water partition coefficient (Wildman–Crippen LogP) is 5.67. The standard InChI is InChI=1S/C21H19Cl2N3O2/c1-12-6-7-18(23)17(8-12)21(27)26-16-5-3-4-14(9-16)13(2)28-19-10-15(22)11-25-20(19)24/h3-11,13H,1-2H3,(H2,24,25)(H,26,27). The zero-order chi connectivity index (χ0) is 20.3. The lowest BCUT2D eigenvalue weighted by Crippen LogP contribution is -2.13. The molecule has 3 aromatic rings. The van der Waals surface area contributed by atoms with Crippen molar-refractivity contribution in [3.05, 3.63) is 81.5 Å². The fraction of sp³-hybridized carbons (Fsp3) is 0.143. The maximum atomic E-state index is 12.6. The Hall–Kier alpha value is -2.76. The largest absolute Gasteiger partial charge is 0.482 e. The number of hydrogen-bond donors (Lipinski definition) is 2. The molecule has 5 nitrogen and oxygen atoms in total. The molecule has 7 heteroatoms. The Kier molecular flexibility index (Phi) is 6.07. The summed E-state index contributed by atoms with van der Waals surface area (Å²) in [4.78, 5) is 16.6. The van der Waals surface area contributed by atoms with Crippen molar-refractivity contribution in [2.45, 2.75) is 20.0 Å². The number of anilines is 2. The van der Waals surface area contributed by atoms with Crippen LogP contribution >= 0.6 is 23.2 Å². The number of carbonyl (C=O) groups is 1. The molecular weight excluding hydrogens is 397 g/mol. The van der Waals surface area contributed by atoms with E-state index in [9.17, 15) is 4.79 Å². The first-order chi connectivity index (χ1) is 13.3. The molecule has 0 aliphatic rings. The van der Waals surface area contributed by atoms with Crippen molar-refractivity contribution in [1.29, 1.82) is 0 Å². The first-order valence-corrected chi connectivity index (χ1v) is 9.34. The number of nitrogens with two attached hydrogens (primary N) is 1. The van der Waals surface area contributed by atoms with E-state index < -0.39 is 0 Å². The van der Waals surface area contributed by atoms with Crippen LogP contribution < -0.4 is 15.8 Å². The molecule has 1 amide bonds. The summed E-state index contributed by atoms with van der Waals surface area (Å²) in [5, 5.41) is 3.71. The molecule has 0 saturated carbocycles.